The minimum absolute atomic E-state index is 0.286. The second kappa shape index (κ2) is 6.00. The molecule has 0 radical (unpaired) electrons. The first-order chi connectivity index (χ1) is 12.9. The molecule has 0 spiro atoms. The van der Waals surface area contributed by atoms with E-state index in [0.29, 0.717) is 0 Å². The van der Waals surface area contributed by atoms with Gasteiger partial charge in [-0.3, -0.25) is 9.59 Å². The van der Waals surface area contributed by atoms with Crippen LogP contribution in [0.25, 0.3) is 21.8 Å². The Morgan fingerprint density at radius 3 is 1.67 bits per heavy atom. The number of primary amides is 2. The molecule has 0 aliphatic carbocycles. The number of H-pyrrole nitrogens is 2. The zero-order valence-electron chi connectivity index (χ0n) is 14.3. The van der Waals surface area contributed by atoms with Crippen LogP contribution < -0.4 is 11.5 Å². The first-order valence-electron chi connectivity index (χ1n) is 8.38. The molecule has 7 heteroatoms. The Morgan fingerprint density at radius 2 is 1.30 bits per heavy atom. The third kappa shape index (κ3) is 2.40. The second-order valence-electron chi connectivity index (χ2n) is 6.52. The maximum absolute atomic E-state index is 12.7. The molecule has 2 aromatic carbocycles. The molecular weight excluding hydrogens is 344 g/mol. The topological polar surface area (TPSA) is 138 Å². The summed E-state index contributed by atoms with van der Waals surface area (Å²) in [5.41, 5.74) is 11.3. The monoisotopic (exact) mass is 362 g/mol. The standard InChI is InChI=1S/C20H18N4O3/c21-18(26)17(25)20(19(22)27,15-9-11-5-1-3-7-13(11)23-15)16-10-12-6-2-4-8-14(12)24-16/h1-10,17,23-25H,(H2,21,26)(H2,22,27). The number of nitrogens with one attached hydrogen (secondary N) is 2. The maximum atomic E-state index is 12.7. The van der Waals surface area contributed by atoms with Crippen molar-refractivity contribution >= 4 is 33.6 Å². The van der Waals surface area contributed by atoms with Gasteiger partial charge >= 0.3 is 0 Å². The van der Waals surface area contributed by atoms with Gasteiger partial charge in [-0.2, -0.15) is 0 Å². The quantitative estimate of drug-likeness (QED) is 0.365. The number of para-hydroxylation sites is 2. The van der Waals surface area contributed by atoms with E-state index >= 15 is 0 Å². The number of hydrogen-bond donors (Lipinski definition) is 5. The van der Waals surface area contributed by atoms with E-state index in [0.717, 1.165) is 21.8 Å². The Morgan fingerprint density at radius 1 is 0.852 bits per heavy atom. The summed E-state index contributed by atoms with van der Waals surface area (Å²) in [6, 6.07) is 18.1. The molecule has 2 amide bonds. The van der Waals surface area contributed by atoms with Gasteiger partial charge in [0.25, 0.3) is 0 Å². The third-order valence-corrected chi connectivity index (χ3v) is 4.98. The van der Waals surface area contributed by atoms with Crippen molar-refractivity contribution in [1.82, 2.24) is 9.97 Å². The molecule has 1 unspecified atom stereocenters. The number of aromatic nitrogens is 2. The van der Waals surface area contributed by atoms with Crippen LogP contribution >= 0.6 is 0 Å². The van der Waals surface area contributed by atoms with E-state index in [4.69, 9.17) is 11.5 Å². The van der Waals surface area contributed by atoms with Crippen molar-refractivity contribution in [3.8, 4) is 0 Å². The maximum Gasteiger partial charge on any atom is 0.248 e. The summed E-state index contributed by atoms with van der Waals surface area (Å²) in [7, 11) is 0. The fourth-order valence-electron chi connectivity index (χ4n) is 3.62. The molecule has 0 bridgehead atoms. The van der Waals surface area contributed by atoms with Crippen molar-refractivity contribution in [1.29, 1.82) is 0 Å². The summed E-state index contributed by atoms with van der Waals surface area (Å²) in [4.78, 5) is 30.9. The number of carbonyl (C=O) groups is 2. The van der Waals surface area contributed by atoms with Crippen molar-refractivity contribution in [2.24, 2.45) is 11.5 Å². The predicted molar refractivity (Wildman–Crippen MR) is 102 cm³/mol. The molecule has 7 nitrogen and oxygen atoms in total. The van der Waals surface area contributed by atoms with Crippen LogP contribution in [-0.4, -0.2) is 33.0 Å². The average molecular weight is 362 g/mol. The van der Waals surface area contributed by atoms with Crippen molar-refractivity contribution < 1.29 is 14.7 Å². The van der Waals surface area contributed by atoms with Crippen molar-refractivity contribution in [3.05, 3.63) is 72.1 Å². The Balaban J connectivity index is 2.07. The van der Waals surface area contributed by atoms with Crippen molar-refractivity contribution in [3.63, 3.8) is 0 Å². The molecule has 0 aliphatic rings. The number of fused-ring (bicyclic) bond motifs is 2. The number of rotatable bonds is 5. The van der Waals surface area contributed by atoms with Gasteiger partial charge in [-0.05, 0) is 35.0 Å². The second-order valence-corrected chi connectivity index (χ2v) is 6.52. The summed E-state index contributed by atoms with van der Waals surface area (Å²) in [6.45, 7) is 0. The van der Waals surface area contributed by atoms with E-state index in [2.05, 4.69) is 9.97 Å². The van der Waals surface area contributed by atoms with Crippen LogP contribution in [0.15, 0.2) is 60.7 Å². The van der Waals surface area contributed by atoms with Gasteiger partial charge < -0.3 is 26.5 Å². The summed E-state index contributed by atoms with van der Waals surface area (Å²) in [5.74, 6) is -1.95. The molecule has 0 saturated heterocycles. The lowest BCUT2D eigenvalue weighted by atomic mass is 9.74. The Hall–Kier alpha value is -3.58. The number of aliphatic hydroxyl groups excluding tert-OH is 1. The van der Waals surface area contributed by atoms with E-state index < -0.39 is 23.3 Å². The Labute approximate surface area is 154 Å². The molecule has 4 aromatic rings. The molecule has 136 valence electrons. The summed E-state index contributed by atoms with van der Waals surface area (Å²) in [5, 5.41) is 12.4. The normalized spacial score (nSPS) is 13.1. The molecule has 0 fully saturated rings. The fraction of sp³-hybridized carbons (Fsp3) is 0.100. The first-order valence-corrected chi connectivity index (χ1v) is 8.38. The minimum atomic E-state index is -1.89. The highest BCUT2D eigenvalue weighted by Crippen LogP contribution is 2.38. The van der Waals surface area contributed by atoms with Gasteiger partial charge in [0.2, 0.25) is 11.8 Å². The molecule has 4 rings (SSSR count). The molecule has 27 heavy (non-hydrogen) atoms. The minimum Gasteiger partial charge on any atom is -0.381 e. The van der Waals surface area contributed by atoms with E-state index in [1.807, 2.05) is 48.5 Å². The Kier molecular flexibility index (Phi) is 3.75. The average Bonchev–Trinajstić information content (AvgIpc) is 3.26. The zero-order valence-corrected chi connectivity index (χ0v) is 14.3. The van der Waals surface area contributed by atoms with Gasteiger partial charge in [0.1, 0.15) is 0 Å². The number of aromatic amines is 2. The Bertz CT molecular complexity index is 1030. The highest BCUT2D eigenvalue weighted by Gasteiger charge is 2.52. The van der Waals surface area contributed by atoms with Crippen LogP contribution in [0.2, 0.25) is 0 Å². The van der Waals surface area contributed by atoms with E-state index in [9.17, 15) is 14.7 Å². The molecule has 0 aliphatic heterocycles. The van der Waals surface area contributed by atoms with Crippen LogP contribution in [0, 0.1) is 0 Å². The third-order valence-electron chi connectivity index (χ3n) is 4.98. The first kappa shape index (κ1) is 16.9. The smallest absolute Gasteiger partial charge is 0.248 e. The van der Waals surface area contributed by atoms with Crippen LogP contribution in [0.1, 0.15) is 11.4 Å². The zero-order chi connectivity index (χ0) is 19.2. The summed E-state index contributed by atoms with van der Waals surface area (Å²) in [6.07, 6.45) is -1.86. The van der Waals surface area contributed by atoms with Gasteiger partial charge in [0.05, 0.1) is 0 Å². The van der Waals surface area contributed by atoms with Crippen LogP contribution in [0.4, 0.5) is 0 Å². The number of hydrogen-bond acceptors (Lipinski definition) is 3. The molecule has 1 atom stereocenters. The molecule has 7 N–H and O–H groups in total. The van der Waals surface area contributed by atoms with E-state index in [-0.39, 0.29) is 11.4 Å². The van der Waals surface area contributed by atoms with Gasteiger partial charge in [0, 0.05) is 22.4 Å². The highest BCUT2D eigenvalue weighted by atomic mass is 16.3. The molecule has 0 saturated carbocycles. The fourth-order valence-corrected chi connectivity index (χ4v) is 3.62. The lowest BCUT2D eigenvalue weighted by Crippen LogP contribution is -2.56. The number of carbonyl (C=O) groups excluding carboxylic acids is 2. The molecule has 2 aromatic heterocycles. The van der Waals surface area contributed by atoms with Crippen molar-refractivity contribution in [2.75, 3.05) is 0 Å². The largest absolute Gasteiger partial charge is 0.381 e. The molecular formula is C20H18N4O3. The van der Waals surface area contributed by atoms with Crippen LogP contribution in [-0.2, 0) is 15.0 Å². The van der Waals surface area contributed by atoms with E-state index in [1.165, 1.54) is 0 Å². The lowest BCUT2D eigenvalue weighted by molar-refractivity contribution is -0.137. The predicted octanol–water partition coefficient (Wildman–Crippen LogP) is 1.27. The number of nitrogens with two attached hydrogens (primary N) is 2. The van der Waals surface area contributed by atoms with Gasteiger partial charge in [-0.25, -0.2) is 0 Å². The SMILES string of the molecule is NC(=O)C(O)C(C(N)=O)(c1cc2ccccc2[nH]1)c1cc2ccccc2[nH]1. The number of amides is 2. The summed E-state index contributed by atoms with van der Waals surface area (Å²) < 4.78 is 0. The van der Waals surface area contributed by atoms with E-state index in [1.54, 1.807) is 12.1 Å². The highest BCUT2D eigenvalue weighted by molar-refractivity contribution is 6.00. The van der Waals surface area contributed by atoms with Gasteiger partial charge in [-0.1, -0.05) is 36.4 Å². The molecule has 2 heterocycles. The van der Waals surface area contributed by atoms with Crippen LogP contribution in [0.3, 0.4) is 0 Å². The summed E-state index contributed by atoms with van der Waals surface area (Å²) >= 11 is 0. The van der Waals surface area contributed by atoms with Gasteiger partial charge in [-0.15, -0.1) is 0 Å². The van der Waals surface area contributed by atoms with Crippen molar-refractivity contribution in [2.45, 2.75) is 11.5 Å². The van der Waals surface area contributed by atoms with Crippen LogP contribution in [0.5, 0.6) is 0 Å². The lowest BCUT2D eigenvalue weighted by Gasteiger charge is -2.32. The number of benzene rings is 2. The number of aliphatic hydroxyl groups is 1. The van der Waals surface area contributed by atoms with Gasteiger partial charge in [0.15, 0.2) is 11.5 Å².